The number of hydrogen-bond donors (Lipinski definition) is 1. The van der Waals surface area contributed by atoms with Gasteiger partial charge in [-0.15, -0.1) is 0 Å². The first-order chi connectivity index (χ1) is 9.46. The Morgan fingerprint density at radius 1 is 1.70 bits per heavy atom. The van der Waals surface area contributed by atoms with Crippen LogP contribution in [-0.4, -0.2) is 45.7 Å². The number of nitrogens with zero attached hydrogens (tertiary/aromatic N) is 3. The summed E-state index contributed by atoms with van der Waals surface area (Å²) in [5.41, 5.74) is 5.38. The summed E-state index contributed by atoms with van der Waals surface area (Å²) in [5, 5.41) is 0. The first-order valence-electron chi connectivity index (χ1n) is 7.09. The van der Waals surface area contributed by atoms with Crippen molar-refractivity contribution >= 4 is 5.97 Å². The molecule has 0 aliphatic heterocycles. The van der Waals surface area contributed by atoms with E-state index in [4.69, 9.17) is 10.5 Å². The van der Waals surface area contributed by atoms with E-state index in [2.05, 4.69) is 16.9 Å². The number of ether oxygens (including phenoxy) is 1. The molecule has 1 aliphatic carbocycles. The van der Waals surface area contributed by atoms with E-state index in [1.807, 2.05) is 17.8 Å². The summed E-state index contributed by atoms with van der Waals surface area (Å²) in [7, 11) is 4.03. The van der Waals surface area contributed by atoms with Gasteiger partial charge >= 0.3 is 5.97 Å². The summed E-state index contributed by atoms with van der Waals surface area (Å²) >= 11 is 0. The van der Waals surface area contributed by atoms with Crippen LogP contribution in [0.5, 0.6) is 0 Å². The fourth-order valence-electron chi connectivity index (χ4n) is 2.79. The third kappa shape index (κ3) is 3.02. The normalized spacial score (nSPS) is 26.1. The number of carbonyl (C=O) groups excluding carboxylic acids is 1. The van der Waals surface area contributed by atoms with E-state index in [0.29, 0.717) is 25.5 Å². The Labute approximate surface area is 119 Å². The minimum Gasteiger partial charge on any atom is -0.465 e. The quantitative estimate of drug-likeness (QED) is 0.802. The van der Waals surface area contributed by atoms with Gasteiger partial charge in [-0.2, -0.15) is 0 Å². The first-order valence-corrected chi connectivity index (χ1v) is 7.09. The second-order valence-corrected chi connectivity index (χ2v) is 5.64. The molecule has 0 radical (unpaired) electrons. The van der Waals surface area contributed by atoms with Gasteiger partial charge in [-0.3, -0.25) is 9.69 Å². The standard InChI is InChI=1S/C14H24N4O2/c1-4-20-13(19)14(15)6-5-11(9-14)18(3)10-12-16-7-8-17(12)2/h7-8,11H,4-6,9-10,15H2,1-3H3. The van der Waals surface area contributed by atoms with Crippen molar-refractivity contribution < 1.29 is 9.53 Å². The van der Waals surface area contributed by atoms with Crippen molar-refractivity contribution in [1.29, 1.82) is 0 Å². The zero-order valence-corrected chi connectivity index (χ0v) is 12.5. The van der Waals surface area contributed by atoms with E-state index in [9.17, 15) is 4.79 Å². The molecule has 1 aromatic heterocycles. The lowest BCUT2D eigenvalue weighted by molar-refractivity contribution is -0.149. The molecule has 1 aromatic rings. The molecule has 0 amide bonds. The van der Waals surface area contributed by atoms with Crippen LogP contribution in [0.15, 0.2) is 12.4 Å². The second kappa shape index (κ2) is 5.93. The van der Waals surface area contributed by atoms with E-state index in [-0.39, 0.29) is 5.97 Å². The van der Waals surface area contributed by atoms with Gasteiger partial charge in [-0.1, -0.05) is 0 Å². The Morgan fingerprint density at radius 3 is 3.05 bits per heavy atom. The summed E-state index contributed by atoms with van der Waals surface area (Å²) in [6.45, 7) is 2.94. The molecule has 1 aliphatic rings. The van der Waals surface area contributed by atoms with Crippen LogP contribution in [0.1, 0.15) is 32.0 Å². The largest absolute Gasteiger partial charge is 0.465 e. The van der Waals surface area contributed by atoms with Crippen molar-refractivity contribution in [3.63, 3.8) is 0 Å². The monoisotopic (exact) mass is 280 g/mol. The van der Waals surface area contributed by atoms with Gasteiger partial charge in [0.05, 0.1) is 13.2 Å². The maximum absolute atomic E-state index is 11.9. The van der Waals surface area contributed by atoms with Crippen molar-refractivity contribution in [1.82, 2.24) is 14.5 Å². The smallest absolute Gasteiger partial charge is 0.326 e. The molecule has 1 saturated carbocycles. The molecule has 0 saturated heterocycles. The molecule has 0 spiro atoms. The Morgan fingerprint density at radius 2 is 2.45 bits per heavy atom. The van der Waals surface area contributed by atoms with Crippen LogP contribution >= 0.6 is 0 Å². The number of aryl methyl sites for hydroxylation is 1. The Bertz CT molecular complexity index is 473. The predicted octanol–water partition coefficient (Wildman–Crippen LogP) is 0.665. The molecule has 6 nitrogen and oxygen atoms in total. The third-order valence-corrected chi connectivity index (χ3v) is 4.14. The molecule has 1 heterocycles. The first kappa shape index (κ1) is 15.0. The highest BCUT2D eigenvalue weighted by Crippen LogP contribution is 2.32. The van der Waals surface area contributed by atoms with Gasteiger partial charge in [0.2, 0.25) is 0 Å². The van der Waals surface area contributed by atoms with Crippen molar-refractivity contribution in [3.05, 3.63) is 18.2 Å². The van der Waals surface area contributed by atoms with Crippen LogP contribution in [0.25, 0.3) is 0 Å². The van der Waals surface area contributed by atoms with Crippen molar-refractivity contribution in [2.24, 2.45) is 12.8 Å². The highest BCUT2D eigenvalue weighted by Gasteiger charge is 2.44. The Balaban J connectivity index is 1.95. The Kier molecular flexibility index (Phi) is 4.45. The minimum atomic E-state index is -0.823. The molecular weight excluding hydrogens is 256 g/mol. The van der Waals surface area contributed by atoms with E-state index in [1.54, 1.807) is 13.1 Å². The van der Waals surface area contributed by atoms with Crippen molar-refractivity contribution in [2.45, 2.75) is 44.3 Å². The van der Waals surface area contributed by atoms with Gasteiger partial charge in [0.25, 0.3) is 0 Å². The number of nitrogens with two attached hydrogens (primary N) is 1. The highest BCUT2D eigenvalue weighted by atomic mass is 16.5. The van der Waals surface area contributed by atoms with Crippen LogP contribution in [0.4, 0.5) is 0 Å². The lowest BCUT2D eigenvalue weighted by Crippen LogP contribution is -2.48. The van der Waals surface area contributed by atoms with Gasteiger partial charge < -0.3 is 15.0 Å². The summed E-state index contributed by atoms with van der Waals surface area (Å²) in [5.74, 6) is 0.742. The SMILES string of the molecule is CCOC(=O)C1(N)CCC(N(C)Cc2nccn2C)C1. The average Bonchev–Trinajstić information content (AvgIpc) is 2.98. The van der Waals surface area contributed by atoms with Crippen molar-refractivity contribution in [3.8, 4) is 0 Å². The van der Waals surface area contributed by atoms with E-state index < -0.39 is 5.54 Å². The van der Waals surface area contributed by atoms with Crippen LogP contribution in [0, 0.1) is 0 Å². The number of imidazole rings is 1. The summed E-state index contributed by atoms with van der Waals surface area (Å²) in [4.78, 5) is 18.5. The van der Waals surface area contributed by atoms with Crippen LogP contribution in [-0.2, 0) is 23.1 Å². The summed E-state index contributed by atoms with van der Waals surface area (Å²) in [6.07, 6.45) is 5.97. The second-order valence-electron chi connectivity index (χ2n) is 5.64. The van der Waals surface area contributed by atoms with Gasteiger partial charge in [-0.05, 0) is 33.2 Å². The zero-order valence-electron chi connectivity index (χ0n) is 12.5. The molecule has 2 unspecified atom stereocenters. The molecule has 20 heavy (non-hydrogen) atoms. The lowest BCUT2D eigenvalue weighted by Gasteiger charge is -2.26. The number of esters is 1. The molecule has 2 atom stereocenters. The zero-order chi connectivity index (χ0) is 14.8. The summed E-state index contributed by atoms with van der Waals surface area (Å²) in [6, 6.07) is 0.293. The molecule has 0 bridgehead atoms. The predicted molar refractivity (Wildman–Crippen MR) is 75.9 cm³/mol. The fourth-order valence-corrected chi connectivity index (χ4v) is 2.79. The lowest BCUT2D eigenvalue weighted by atomic mass is 9.99. The van der Waals surface area contributed by atoms with Crippen LogP contribution < -0.4 is 5.73 Å². The number of carbonyl (C=O) groups is 1. The summed E-state index contributed by atoms with van der Waals surface area (Å²) < 4.78 is 7.09. The highest BCUT2D eigenvalue weighted by molar-refractivity contribution is 5.81. The molecule has 0 aromatic carbocycles. The number of rotatable bonds is 5. The maximum atomic E-state index is 11.9. The van der Waals surface area contributed by atoms with Crippen molar-refractivity contribution in [2.75, 3.05) is 13.7 Å². The number of hydrogen-bond acceptors (Lipinski definition) is 5. The Hall–Kier alpha value is -1.40. The van der Waals surface area contributed by atoms with E-state index in [1.165, 1.54) is 0 Å². The molecule has 112 valence electrons. The van der Waals surface area contributed by atoms with Gasteiger partial charge in [0.15, 0.2) is 0 Å². The topological polar surface area (TPSA) is 73.4 Å². The van der Waals surface area contributed by atoms with Crippen LogP contribution in [0.2, 0.25) is 0 Å². The van der Waals surface area contributed by atoms with Crippen LogP contribution in [0.3, 0.4) is 0 Å². The molecule has 2 N–H and O–H groups in total. The molecular formula is C14H24N4O2. The molecule has 2 rings (SSSR count). The number of aromatic nitrogens is 2. The molecule has 6 heteroatoms. The van der Waals surface area contributed by atoms with E-state index >= 15 is 0 Å². The molecule has 1 fully saturated rings. The van der Waals surface area contributed by atoms with Gasteiger partial charge in [-0.25, -0.2) is 4.98 Å². The fraction of sp³-hybridized carbons (Fsp3) is 0.714. The maximum Gasteiger partial charge on any atom is 0.326 e. The van der Waals surface area contributed by atoms with E-state index in [0.717, 1.165) is 18.8 Å². The minimum absolute atomic E-state index is 0.270. The van der Waals surface area contributed by atoms with Gasteiger partial charge in [0, 0.05) is 25.5 Å². The van der Waals surface area contributed by atoms with Gasteiger partial charge in [0.1, 0.15) is 11.4 Å². The average molecular weight is 280 g/mol. The third-order valence-electron chi connectivity index (χ3n) is 4.14.